The molecule has 1 heterocycles. The van der Waals surface area contributed by atoms with Crippen LogP contribution in [0.1, 0.15) is 16.7 Å². The summed E-state index contributed by atoms with van der Waals surface area (Å²) in [5.74, 6) is -0.818. The molecule has 0 aromatic heterocycles. The number of urea groups is 1. The maximum atomic E-state index is 13.0. The van der Waals surface area contributed by atoms with Crippen LogP contribution in [0, 0.1) is 10.5 Å². The zero-order valence-corrected chi connectivity index (χ0v) is 21.4. The molecule has 6 nitrogen and oxygen atoms in total. The maximum absolute atomic E-state index is 13.0. The Hall–Kier alpha value is -2.88. The molecule has 0 atom stereocenters. The summed E-state index contributed by atoms with van der Waals surface area (Å²) >= 11 is 14.2. The van der Waals surface area contributed by atoms with Crippen LogP contribution in [0.2, 0.25) is 10.0 Å². The zero-order chi connectivity index (χ0) is 24.4. The average molecular weight is 607 g/mol. The van der Waals surface area contributed by atoms with Gasteiger partial charge in [0.1, 0.15) is 17.9 Å². The van der Waals surface area contributed by atoms with Crippen LogP contribution in [-0.2, 0) is 16.2 Å². The first-order valence-corrected chi connectivity index (χ1v) is 11.9. The number of rotatable bonds is 5. The molecule has 1 N–H and O–H groups in total. The molecule has 0 unspecified atom stereocenters. The van der Waals surface area contributed by atoms with E-state index < -0.39 is 17.8 Å². The van der Waals surface area contributed by atoms with Crippen molar-refractivity contribution in [2.24, 2.45) is 0 Å². The Kier molecular flexibility index (Phi) is 7.25. The van der Waals surface area contributed by atoms with E-state index in [9.17, 15) is 14.4 Å². The van der Waals surface area contributed by atoms with Crippen molar-refractivity contribution in [1.82, 2.24) is 5.32 Å². The van der Waals surface area contributed by atoms with Crippen molar-refractivity contribution in [3.05, 3.63) is 96.5 Å². The fourth-order valence-electron chi connectivity index (χ4n) is 3.27. The number of carbonyl (C=O) groups excluding carboxylic acids is 3. The van der Waals surface area contributed by atoms with E-state index in [0.29, 0.717) is 27.0 Å². The average Bonchev–Trinajstić information content (AvgIpc) is 2.78. The number of anilines is 1. The molecule has 34 heavy (non-hydrogen) atoms. The van der Waals surface area contributed by atoms with Crippen LogP contribution < -0.4 is 15.0 Å². The summed E-state index contributed by atoms with van der Waals surface area (Å²) in [7, 11) is 0. The van der Waals surface area contributed by atoms with E-state index in [4.69, 9.17) is 27.9 Å². The van der Waals surface area contributed by atoms with Crippen LogP contribution in [0.15, 0.2) is 66.2 Å². The molecule has 1 fully saturated rings. The lowest BCUT2D eigenvalue weighted by molar-refractivity contribution is -0.122. The van der Waals surface area contributed by atoms with Crippen molar-refractivity contribution in [2.75, 3.05) is 4.90 Å². The van der Waals surface area contributed by atoms with E-state index in [0.717, 1.165) is 19.6 Å². The van der Waals surface area contributed by atoms with Gasteiger partial charge in [0, 0.05) is 15.6 Å². The number of nitrogens with one attached hydrogen (secondary N) is 1. The van der Waals surface area contributed by atoms with Gasteiger partial charge in [-0.1, -0.05) is 53.0 Å². The number of hydrogen-bond donors (Lipinski definition) is 1. The van der Waals surface area contributed by atoms with Crippen molar-refractivity contribution < 1.29 is 19.1 Å². The molecular weight excluding hydrogens is 590 g/mol. The van der Waals surface area contributed by atoms with E-state index in [1.54, 1.807) is 60.7 Å². The molecule has 3 aromatic carbocycles. The minimum atomic E-state index is -0.782. The zero-order valence-electron chi connectivity index (χ0n) is 17.8. The Bertz CT molecular complexity index is 1340. The van der Waals surface area contributed by atoms with E-state index in [1.165, 1.54) is 6.08 Å². The number of hydrogen-bond acceptors (Lipinski definition) is 4. The van der Waals surface area contributed by atoms with E-state index in [1.807, 2.05) is 6.92 Å². The van der Waals surface area contributed by atoms with Gasteiger partial charge in [-0.15, -0.1) is 0 Å². The van der Waals surface area contributed by atoms with E-state index >= 15 is 0 Å². The highest BCUT2D eigenvalue weighted by Gasteiger charge is 2.36. The molecule has 1 saturated heterocycles. The highest BCUT2D eigenvalue weighted by Crippen LogP contribution is 2.28. The summed E-state index contributed by atoms with van der Waals surface area (Å²) in [4.78, 5) is 38.7. The highest BCUT2D eigenvalue weighted by atomic mass is 127. The third-order valence-electron chi connectivity index (χ3n) is 5.06. The first-order chi connectivity index (χ1) is 16.2. The Morgan fingerprint density at radius 2 is 1.74 bits per heavy atom. The van der Waals surface area contributed by atoms with Crippen LogP contribution in [0.25, 0.3) is 6.08 Å². The molecule has 4 amide bonds. The maximum Gasteiger partial charge on any atom is 0.335 e. The number of carbonyl (C=O) groups is 3. The minimum Gasteiger partial charge on any atom is -0.488 e. The molecule has 0 aliphatic carbocycles. The second-order valence-corrected chi connectivity index (χ2v) is 9.51. The van der Waals surface area contributed by atoms with Gasteiger partial charge in [0.15, 0.2) is 0 Å². The van der Waals surface area contributed by atoms with Gasteiger partial charge in [-0.2, -0.15) is 0 Å². The Morgan fingerprint density at radius 3 is 2.41 bits per heavy atom. The van der Waals surface area contributed by atoms with E-state index in [-0.39, 0.29) is 12.2 Å². The van der Waals surface area contributed by atoms with Gasteiger partial charge in [0.25, 0.3) is 11.8 Å². The fraction of sp³-hybridized carbons (Fsp3) is 0.0800. The van der Waals surface area contributed by atoms with Crippen molar-refractivity contribution in [3.63, 3.8) is 0 Å². The number of imide groups is 2. The van der Waals surface area contributed by atoms with Gasteiger partial charge in [0.2, 0.25) is 0 Å². The Morgan fingerprint density at radius 1 is 1.00 bits per heavy atom. The quantitative estimate of drug-likeness (QED) is 0.215. The molecule has 0 saturated carbocycles. The van der Waals surface area contributed by atoms with Crippen LogP contribution >= 0.6 is 45.8 Å². The molecule has 172 valence electrons. The number of barbiturate groups is 1. The topological polar surface area (TPSA) is 75.7 Å². The molecule has 0 bridgehead atoms. The smallest absolute Gasteiger partial charge is 0.335 e. The second-order valence-electron chi connectivity index (χ2n) is 7.51. The predicted octanol–water partition coefficient (Wildman–Crippen LogP) is 6.15. The molecule has 1 aliphatic rings. The summed E-state index contributed by atoms with van der Waals surface area (Å²) in [5, 5.41) is 3.29. The van der Waals surface area contributed by atoms with Crippen molar-refractivity contribution in [1.29, 1.82) is 0 Å². The number of ether oxygens (including phenoxy) is 1. The molecule has 4 rings (SSSR count). The fourth-order valence-corrected chi connectivity index (χ4v) is 4.43. The van der Waals surface area contributed by atoms with Gasteiger partial charge < -0.3 is 4.74 Å². The molecular formula is C25H17Cl2IN2O4. The number of aryl methyl sites for hydroxylation is 1. The van der Waals surface area contributed by atoms with Gasteiger partial charge >= 0.3 is 6.03 Å². The summed E-state index contributed by atoms with van der Waals surface area (Å²) in [5.41, 5.74) is 2.62. The monoisotopic (exact) mass is 606 g/mol. The molecule has 3 aromatic rings. The highest BCUT2D eigenvalue weighted by molar-refractivity contribution is 14.1. The predicted molar refractivity (Wildman–Crippen MR) is 140 cm³/mol. The van der Waals surface area contributed by atoms with Gasteiger partial charge in [-0.25, -0.2) is 9.69 Å². The Labute approximate surface area is 219 Å². The largest absolute Gasteiger partial charge is 0.488 e. The number of nitrogens with zero attached hydrogens (tertiary/aromatic N) is 1. The first kappa shape index (κ1) is 24.3. The van der Waals surface area contributed by atoms with Crippen LogP contribution in [-0.4, -0.2) is 17.8 Å². The number of halogens is 3. The normalized spacial score (nSPS) is 15.0. The third-order valence-corrected chi connectivity index (χ3v) is 6.49. The summed E-state index contributed by atoms with van der Waals surface area (Å²) in [6, 6.07) is 16.5. The molecule has 9 heteroatoms. The lowest BCUT2D eigenvalue weighted by Gasteiger charge is -2.26. The van der Waals surface area contributed by atoms with Crippen LogP contribution in [0.4, 0.5) is 10.5 Å². The summed E-state index contributed by atoms with van der Waals surface area (Å²) in [6.45, 7) is 2.15. The summed E-state index contributed by atoms with van der Waals surface area (Å²) < 4.78 is 6.65. The first-order valence-electron chi connectivity index (χ1n) is 10.1. The lowest BCUT2D eigenvalue weighted by Crippen LogP contribution is -2.54. The minimum absolute atomic E-state index is 0.141. The third kappa shape index (κ3) is 5.27. The van der Waals surface area contributed by atoms with Gasteiger partial charge in [-0.3, -0.25) is 14.9 Å². The Balaban J connectivity index is 1.55. The number of amides is 4. The summed E-state index contributed by atoms with van der Waals surface area (Å²) in [6.07, 6.45) is 1.45. The van der Waals surface area contributed by atoms with E-state index in [2.05, 4.69) is 27.9 Å². The molecule has 0 spiro atoms. The lowest BCUT2D eigenvalue weighted by atomic mass is 10.1. The van der Waals surface area contributed by atoms with Gasteiger partial charge in [0.05, 0.1) is 9.26 Å². The second kappa shape index (κ2) is 10.2. The van der Waals surface area contributed by atoms with Crippen molar-refractivity contribution in [2.45, 2.75) is 13.5 Å². The standard InChI is InChI=1S/C25H17Cl2IN2O4/c1-14-2-7-18(8-3-14)30-24(32)19(23(31)29-25(30)33)10-15-4-9-22(21(28)11-15)34-13-16-5-6-17(26)12-20(16)27/h2-12H,13H2,1H3,(H,29,31,33)/b19-10+. The van der Waals surface area contributed by atoms with Crippen molar-refractivity contribution in [3.8, 4) is 5.75 Å². The SMILES string of the molecule is Cc1ccc(N2C(=O)NC(=O)/C(=C\c3ccc(OCc4ccc(Cl)cc4Cl)c(I)c3)C2=O)cc1. The number of benzene rings is 3. The van der Waals surface area contributed by atoms with Gasteiger partial charge in [-0.05, 0) is 77.6 Å². The molecule has 1 aliphatic heterocycles. The van der Waals surface area contributed by atoms with Crippen molar-refractivity contribution >= 4 is 75.4 Å². The van der Waals surface area contributed by atoms with Crippen LogP contribution in [0.3, 0.4) is 0 Å². The van der Waals surface area contributed by atoms with Crippen LogP contribution in [0.5, 0.6) is 5.75 Å². The molecule has 0 radical (unpaired) electrons.